The Kier molecular flexibility index (Phi) is 8.04. The number of halogens is 2. The lowest BCUT2D eigenvalue weighted by Crippen LogP contribution is -2.34. The smallest absolute Gasteiger partial charge is 0.227 e. The normalized spacial score (nSPS) is 13.8. The van der Waals surface area contributed by atoms with Crippen molar-refractivity contribution in [3.63, 3.8) is 0 Å². The van der Waals surface area contributed by atoms with Gasteiger partial charge >= 0.3 is 0 Å². The van der Waals surface area contributed by atoms with Gasteiger partial charge in [-0.25, -0.2) is 4.39 Å². The molecule has 4 rings (SSSR count). The molecule has 0 radical (unpaired) electrons. The van der Waals surface area contributed by atoms with E-state index >= 15 is 0 Å². The third-order valence-electron chi connectivity index (χ3n) is 5.35. The van der Waals surface area contributed by atoms with Gasteiger partial charge in [-0.3, -0.25) is 4.79 Å². The van der Waals surface area contributed by atoms with Crippen molar-refractivity contribution in [1.29, 1.82) is 0 Å². The molecule has 6 heteroatoms. The van der Waals surface area contributed by atoms with Crippen LogP contribution in [-0.4, -0.2) is 19.0 Å². The van der Waals surface area contributed by atoms with Crippen LogP contribution >= 0.6 is 12.4 Å². The minimum absolute atomic E-state index is 0. The van der Waals surface area contributed by atoms with Gasteiger partial charge in [0.15, 0.2) is 0 Å². The average molecular weight is 441 g/mol. The summed E-state index contributed by atoms with van der Waals surface area (Å²) in [7, 11) is 0. The van der Waals surface area contributed by atoms with E-state index in [0.29, 0.717) is 12.4 Å². The van der Waals surface area contributed by atoms with E-state index in [1.54, 1.807) is 12.1 Å². The van der Waals surface area contributed by atoms with Crippen molar-refractivity contribution < 1.29 is 13.9 Å². The predicted molar refractivity (Wildman–Crippen MR) is 124 cm³/mol. The van der Waals surface area contributed by atoms with Crippen LogP contribution < -0.4 is 15.4 Å². The van der Waals surface area contributed by atoms with Gasteiger partial charge in [0, 0.05) is 17.7 Å². The molecular formula is C25H26ClFN2O2. The summed E-state index contributed by atoms with van der Waals surface area (Å²) < 4.78 is 19.0. The van der Waals surface area contributed by atoms with Crippen molar-refractivity contribution in [1.82, 2.24) is 5.32 Å². The quantitative estimate of drug-likeness (QED) is 0.537. The second-order valence-electron chi connectivity index (χ2n) is 7.53. The zero-order chi connectivity index (χ0) is 20.8. The Balaban J connectivity index is 0.00000272. The van der Waals surface area contributed by atoms with Crippen LogP contribution in [0, 0.1) is 11.7 Å². The summed E-state index contributed by atoms with van der Waals surface area (Å²) >= 11 is 0. The molecule has 1 aliphatic rings. The minimum atomic E-state index is -0.238. The third kappa shape index (κ3) is 6.29. The first-order valence-corrected chi connectivity index (χ1v) is 10.3. The molecule has 1 amide bonds. The monoisotopic (exact) mass is 440 g/mol. The van der Waals surface area contributed by atoms with Crippen LogP contribution in [0.5, 0.6) is 5.75 Å². The molecule has 0 aliphatic carbocycles. The largest absolute Gasteiger partial charge is 0.489 e. The van der Waals surface area contributed by atoms with Gasteiger partial charge in [0.1, 0.15) is 18.2 Å². The molecule has 1 saturated heterocycles. The van der Waals surface area contributed by atoms with Crippen molar-refractivity contribution in [3.05, 3.63) is 84.2 Å². The van der Waals surface area contributed by atoms with E-state index in [1.165, 1.54) is 12.1 Å². The molecular weight excluding hydrogens is 415 g/mol. The third-order valence-corrected chi connectivity index (χ3v) is 5.35. The number of nitrogens with one attached hydrogen (secondary N) is 2. The molecule has 0 saturated carbocycles. The number of rotatable bonds is 6. The molecule has 0 atom stereocenters. The molecule has 3 aromatic carbocycles. The molecule has 0 bridgehead atoms. The zero-order valence-corrected chi connectivity index (χ0v) is 18.0. The molecule has 0 spiro atoms. The number of ether oxygens (including phenoxy) is 1. The number of carbonyl (C=O) groups is 1. The summed E-state index contributed by atoms with van der Waals surface area (Å²) in [6, 6.07) is 22.0. The highest BCUT2D eigenvalue weighted by Gasteiger charge is 2.20. The summed E-state index contributed by atoms with van der Waals surface area (Å²) in [6.45, 7) is 2.21. The number of hydrogen-bond acceptors (Lipinski definition) is 3. The number of piperidine rings is 1. The minimum Gasteiger partial charge on any atom is -0.489 e. The molecule has 1 heterocycles. The fourth-order valence-corrected chi connectivity index (χ4v) is 3.59. The molecule has 31 heavy (non-hydrogen) atoms. The van der Waals surface area contributed by atoms with Crippen LogP contribution in [0.3, 0.4) is 0 Å². The van der Waals surface area contributed by atoms with Crippen molar-refractivity contribution in [2.75, 3.05) is 18.4 Å². The maximum absolute atomic E-state index is 13.1. The first-order valence-electron chi connectivity index (χ1n) is 10.3. The van der Waals surface area contributed by atoms with Gasteiger partial charge < -0.3 is 15.4 Å². The molecule has 0 unspecified atom stereocenters. The molecule has 1 fully saturated rings. The molecule has 0 aromatic heterocycles. The van der Waals surface area contributed by atoms with E-state index < -0.39 is 0 Å². The topological polar surface area (TPSA) is 50.4 Å². The van der Waals surface area contributed by atoms with Crippen molar-refractivity contribution in [2.24, 2.45) is 5.92 Å². The van der Waals surface area contributed by atoms with Gasteiger partial charge in [0.05, 0.1) is 0 Å². The van der Waals surface area contributed by atoms with Crippen LogP contribution in [0.1, 0.15) is 18.4 Å². The summed E-state index contributed by atoms with van der Waals surface area (Å²) in [5, 5.41) is 6.28. The van der Waals surface area contributed by atoms with Crippen LogP contribution in [0.15, 0.2) is 72.8 Å². The SMILES string of the molecule is Cl.O=C(Nc1cccc(OCc2ccc(-c3ccc(F)cc3)cc2)c1)C1CCNCC1. The van der Waals surface area contributed by atoms with E-state index in [2.05, 4.69) is 10.6 Å². The van der Waals surface area contributed by atoms with Gasteiger partial charge in [0.2, 0.25) is 5.91 Å². The lowest BCUT2D eigenvalue weighted by Gasteiger charge is -2.21. The standard InChI is InChI=1S/C25H25FN2O2.ClH/c26-22-10-8-20(9-11-22)19-6-4-18(5-7-19)17-30-24-3-1-2-23(16-24)28-25(29)21-12-14-27-15-13-21;/h1-11,16,21,27H,12-15,17H2,(H,28,29);1H. The Hall–Kier alpha value is -2.89. The van der Waals surface area contributed by atoms with Gasteiger partial charge in [-0.1, -0.05) is 42.5 Å². The highest BCUT2D eigenvalue weighted by Crippen LogP contribution is 2.23. The average Bonchev–Trinajstić information content (AvgIpc) is 2.79. The van der Waals surface area contributed by atoms with E-state index in [4.69, 9.17) is 4.74 Å². The Labute approximate surface area is 188 Å². The molecule has 162 valence electrons. The Morgan fingerprint density at radius 1 is 0.968 bits per heavy atom. The summed E-state index contributed by atoms with van der Waals surface area (Å²) in [5.74, 6) is 0.610. The Morgan fingerprint density at radius 3 is 2.29 bits per heavy atom. The highest BCUT2D eigenvalue weighted by atomic mass is 35.5. The lowest BCUT2D eigenvalue weighted by molar-refractivity contribution is -0.120. The van der Waals surface area contributed by atoms with E-state index in [0.717, 1.165) is 48.3 Å². The number of carbonyl (C=O) groups excluding carboxylic acids is 1. The lowest BCUT2D eigenvalue weighted by atomic mass is 9.97. The van der Waals surface area contributed by atoms with E-state index in [1.807, 2.05) is 48.5 Å². The molecule has 3 aromatic rings. The van der Waals surface area contributed by atoms with Crippen LogP contribution in [0.4, 0.5) is 10.1 Å². The Morgan fingerprint density at radius 2 is 1.61 bits per heavy atom. The number of benzene rings is 3. The maximum atomic E-state index is 13.1. The Bertz CT molecular complexity index is 987. The van der Waals surface area contributed by atoms with Crippen molar-refractivity contribution >= 4 is 24.0 Å². The second-order valence-corrected chi connectivity index (χ2v) is 7.53. The van der Waals surface area contributed by atoms with Crippen molar-refractivity contribution in [3.8, 4) is 16.9 Å². The highest BCUT2D eigenvalue weighted by molar-refractivity contribution is 5.92. The second kappa shape index (κ2) is 10.9. The first-order chi connectivity index (χ1) is 14.7. The fourth-order valence-electron chi connectivity index (χ4n) is 3.59. The van der Waals surface area contributed by atoms with E-state index in [-0.39, 0.29) is 30.0 Å². The summed E-state index contributed by atoms with van der Waals surface area (Å²) in [4.78, 5) is 12.4. The van der Waals surface area contributed by atoms with Gasteiger partial charge in [-0.15, -0.1) is 12.4 Å². The first kappa shape index (κ1) is 22.8. The number of hydrogen-bond donors (Lipinski definition) is 2. The maximum Gasteiger partial charge on any atom is 0.227 e. The zero-order valence-electron chi connectivity index (χ0n) is 17.1. The van der Waals surface area contributed by atoms with Crippen LogP contribution in [0.2, 0.25) is 0 Å². The number of anilines is 1. The molecule has 4 nitrogen and oxygen atoms in total. The summed E-state index contributed by atoms with van der Waals surface area (Å²) in [6.07, 6.45) is 1.74. The van der Waals surface area contributed by atoms with Gasteiger partial charge in [0.25, 0.3) is 0 Å². The molecule has 1 aliphatic heterocycles. The van der Waals surface area contributed by atoms with Crippen molar-refractivity contribution in [2.45, 2.75) is 19.4 Å². The predicted octanol–water partition coefficient (Wildman–Crippen LogP) is 5.43. The molecule has 2 N–H and O–H groups in total. The van der Waals surface area contributed by atoms with Gasteiger partial charge in [-0.05, 0) is 66.9 Å². The van der Waals surface area contributed by atoms with Gasteiger partial charge in [-0.2, -0.15) is 0 Å². The fraction of sp³-hybridized carbons (Fsp3) is 0.240. The summed E-state index contributed by atoms with van der Waals surface area (Å²) in [5.41, 5.74) is 3.79. The van der Waals surface area contributed by atoms with Crippen LogP contribution in [-0.2, 0) is 11.4 Å². The van der Waals surface area contributed by atoms with E-state index in [9.17, 15) is 9.18 Å². The van der Waals surface area contributed by atoms with Crippen LogP contribution in [0.25, 0.3) is 11.1 Å². The number of amides is 1.